The summed E-state index contributed by atoms with van der Waals surface area (Å²) in [5, 5.41) is 10.7. The number of piperidine rings is 1. The topological polar surface area (TPSA) is 43.8 Å². The molecule has 2 fully saturated rings. The molecule has 0 aliphatic carbocycles. The van der Waals surface area contributed by atoms with Crippen LogP contribution in [-0.2, 0) is 4.79 Å². The highest BCUT2D eigenvalue weighted by molar-refractivity contribution is 5.86. The summed E-state index contributed by atoms with van der Waals surface area (Å²) < 4.78 is 0. The molecule has 2 saturated heterocycles. The molecule has 110 valence electrons. The smallest absolute Gasteiger partial charge is 0.255 e. The van der Waals surface area contributed by atoms with Gasteiger partial charge < -0.3 is 10.0 Å². The SMILES string of the molecule is CC(C)(C)CN1CCC[C@](O)(CN2CCCC2)C1=O. The van der Waals surface area contributed by atoms with Gasteiger partial charge in [0.2, 0.25) is 0 Å². The molecular weight excluding hydrogens is 240 g/mol. The summed E-state index contributed by atoms with van der Waals surface area (Å²) >= 11 is 0. The number of nitrogens with zero attached hydrogens (tertiary/aromatic N) is 2. The molecule has 2 heterocycles. The zero-order valence-corrected chi connectivity index (χ0v) is 12.6. The molecule has 2 rings (SSSR count). The second kappa shape index (κ2) is 5.41. The van der Waals surface area contributed by atoms with Crippen molar-refractivity contribution in [3.05, 3.63) is 0 Å². The molecule has 2 aliphatic heterocycles. The van der Waals surface area contributed by atoms with E-state index in [1.807, 2.05) is 4.90 Å². The van der Waals surface area contributed by atoms with Crippen molar-refractivity contribution in [1.29, 1.82) is 0 Å². The second-order valence-electron chi connectivity index (χ2n) is 7.41. The average molecular weight is 268 g/mol. The number of carbonyl (C=O) groups is 1. The summed E-state index contributed by atoms with van der Waals surface area (Å²) in [4.78, 5) is 16.7. The van der Waals surface area contributed by atoms with Gasteiger partial charge in [-0.25, -0.2) is 0 Å². The maximum Gasteiger partial charge on any atom is 0.255 e. The Bertz CT molecular complexity index is 332. The van der Waals surface area contributed by atoms with E-state index in [-0.39, 0.29) is 11.3 Å². The summed E-state index contributed by atoms with van der Waals surface area (Å²) in [5.74, 6) is -0.0550. The van der Waals surface area contributed by atoms with Gasteiger partial charge in [0.15, 0.2) is 5.60 Å². The number of carbonyl (C=O) groups excluding carboxylic acids is 1. The molecule has 0 bridgehead atoms. The zero-order chi connectivity index (χ0) is 14.1. The van der Waals surface area contributed by atoms with Crippen molar-refractivity contribution >= 4 is 5.91 Å². The van der Waals surface area contributed by atoms with E-state index in [9.17, 15) is 9.90 Å². The van der Waals surface area contributed by atoms with Crippen molar-refractivity contribution < 1.29 is 9.90 Å². The van der Waals surface area contributed by atoms with Gasteiger partial charge in [0, 0.05) is 19.6 Å². The molecule has 2 aliphatic rings. The molecule has 19 heavy (non-hydrogen) atoms. The molecule has 0 spiro atoms. The van der Waals surface area contributed by atoms with Crippen molar-refractivity contribution in [1.82, 2.24) is 9.80 Å². The summed E-state index contributed by atoms with van der Waals surface area (Å²) in [6, 6.07) is 0. The maximum absolute atomic E-state index is 12.6. The van der Waals surface area contributed by atoms with Gasteiger partial charge in [0.05, 0.1) is 0 Å². The molecule has 0 unspecified atom stereocenters. The normalized spacial score (nSPS) is 30.1. The van der Waals surface area contributed by atoms with Gasteiger partial charge in [-0.3, -0.25) is 9.69 Å². The largest absolute Gasteiger partial charge is 0.379 e. The average Bonchev–Trinajstić information content (AvgIpc) is 2.76. The van der Waals surface area contributed by atoms with E-state index >= 15 is 0 Å². The molecule has 4 nitrogen and oxygen atoms in total. The van der Waals surface area contributed by atoms with Gasteiger partial charge >= 0.3 is 0 Å². The zero-order valence-electron chi connectivity index (χ0n) is 12.6. The number of β-amino-alcohol motifs (C(OH)–C–C–N with tert-alkyl or cyclic N) is 1. The Hall–Kier alpha value is -0.610. The minimum absolute atomic E-state index is 0.0550. The monoisotopic (exact) mass is 268 g/mol. The third kappa shape index (κ3) is 3.69. The lowest BCUT2D eigenvalue weighted by Crippen LogP contribution is -2.59. The summed E-state index contributed by atoms with van der Waals surface area (Å²) in [7, 11) is 0. The Balaban J connectivity index is 2.01. The van der Waals surface area contributed by atoms with Crippen molar-refractivity contribution in [2.75, 3.05) is 32.7 Å². The van der Waals surface area contributed by atoms with Gasteiger partial charge in [-0.2, -0.15) is 0 Å². The van der Waals surface area contributed by atoms with Crippen LogP contribution in [-0.4, -0.2) is 59.1 Å². The predicted molar refractivity (Wildman–Crippen MR) is 75.9 cm³/mol. The van der Waals surface area contributed by atoms with Gasteiger partial charge in [-0.1, -0.05) is 20.8 Å². The second-order valence-corrected chi connectivity index (χ2v) is 7.41. The van der Waals surface area contributed by atoms with Gasteiger partial charge in [0.25, 0.3) is 5.91 Å². The molecule has 1 N–H and O–H groups in total. The number of aliphatic hydroxyl groups is 1. The number of likely N-dealkylation sites (tertiary alicyclic amines) is 2. The molecule has 0 aromatic rings. The number of amides is 1. The van der Waals surface area contributed by atoms with Gasteiger partial charge in [0.1, 0.15) is 0 Å². The Morgan fingerprint density at radius 3 is 2.37 bits per heavy atom. The minimum atomic E-state index is -1.14. The third-order valence-corrected chi connectivity index (χ3v) is 4.05. The van der Waals surface area contributed by atoms with E-state index < -0.39 is 5.60 Å². The molecule has 1 amide bonds. The molecule has 1 atom stereocenters. The molecular formula is C15H28N2O2. The Morgan fingerprint density at radius 1 is 1.16 bits per heavy atom. The van der Waals surface area contributed by atoms with E-state index in [1.54, 1.807) is 0 Å². The molecule has 0 radical (unpaired) electrons. The predicted octanol–water partition coefficient (Wildman–Crippen LogP) is 1.48. The van der Waals surface area contributed by atoms with Crippen LogP contribution in [0.15, 0.2) is 0 Å². The first-order chi connectivity index (χ1) is 8.80. The maximum atomic E-state index is 12.6. The lowest BCUT2D eigenvalue weighted by Gasteiger charge is -2.42. The van der Waals surface area contributed by atoms with Crippen LogP contribution in [0.1, 0.15) is 46.5 Å². The number of hydrogen-bond donors (Lipinski definition) is 1. The Labute approximate surface area is 116 Å². The van der Waals surface area contributed by atoms with E-state index in [4.69, 9.17) is 0 Å². The van der Waals surface area contributed by atoms with Gasteiger partial charge in [-0.05, 0) is 44.2 Å². The highest BCUT2D eigenvalue weighted by Crippen LogP contribution is 2.27. The van der Waals surface area contributed by atoms with Crippen molar-refractivity contribution in [3.8, 4) is 0 Å². The first-order valence-corrected chi connectivity index (χ1v) is 7.54. The van der Waals surface area contributed by atoms with Crippen LogP contribution in [0.5, 0.6) is 0 Å². The number of hydrogen-bond acceptors (Lipinski definition) is 3. The van der Waals surface area contributed by atoms with Crippen LogP contribution in [0.2, 0.25) is 0 Å². The summed E-state index contributed by atoms with van der Waals surface area (Å²) in [6.45, 7) is 10.5. The van der Waals surface area contributed by atoms with Crippen molar-refractivity contribution in [3.63, 3.8) is 0 Å². The lowest BCUT2D eigenvalue weighted by atomic mass is 9.88. The molecule has 0 aromatic carbocycles. The first-order valence-electron chi connectivity index (χ1n) is 7.54. The van der Waals surface area contributed by atoms with Crippen LogP contribution in [0, 0.1) is 5.41 Å². The third-order valence-electron chi connectivity index (χ3n) is 4.05. The van der Waals surface area contributed by atoms with Crippen LogP contribution < -0.4 is 0 Å². The fraction of sp³-hybridized carbons (Fsp3) is 0.933. The van der Waals surface area contributed by atoms with E-state index in [0.717, 1.165) is 32.6 Å². The molecule has 0 saturated carbocycles. The van der Waals surface area contributed by atoms with Crippen LogP contribution in [0.4, 0.5) is 0 Å². The molecule has 0 aromatic heterocycles. The van der Waals surface area contributed by atoms with E-state index in [0.29, 0.717) is 13.0 Å². The lowest BCUT2D eigenvalue weighted by molar-refractivity contribution is -0.160. The van der Waals surface area contributed by atoms with Gasteiger partial charge in [-0.15, -0.1) is 0 Å². The Kier molecular flexibility index (Phi) is 4.21. The Morgan fingerprint density at radius 2 is 1.79 bits per heavy atom. The highest BCUT2D eigenvalue weighted by atomic mass is 16.3. The summed E-state index contributed by atoms with van der Waals surface area (Å²) in [5.41, 5.74) is -1.06. The van der Waals surface area contributed by atoms with E-state index in [2.05, 4.69) is 25.7 Å². The highest BCUT2D eigenvalue weighted by Gasteiger charge is 2.44. The van der Waals surface area contributed by atoms with Crippen LogP contribution >= 0.6 is 0 Å². The molecule has 4 heteroatoms. The van der Waals surface area contributed by atoms with Crippen LogP contribution in [0.25, 0.3) is 0 Å². The van der Waals surface area contributed by atoms with E-state index in [1.165, 1.54) is 12.8 Å². The van der Waals surface area contributed by atoms with Crippen molar-refractivity contribution in [2.24, 2.45) is 5.41 Å². The standard InChI is InChI=1S/C15H28N2O2/c1-14(2,3)11-17-10-6-7-15(19,13(17)18)12-16-8-4-5-9-16/h19H,4-12H2,1-3H3/t15-/m0/s1. The fourth-order valence-corrected chi connectivity index (χ4v) is 3.25. The summed E-state index contributed by atoms with van der Waals surface area (Å²) in [6.07, 6.45) is 3.90. The van der Waals surface area contributed by atoms with Crippen LogP contribution in [0.3, 0.4) is 0 Å². The fourth-order valence-electron chi connectivity index (χ4n) is 3.25. The first kappa shape index (κ1) is 14.8. The minimum Gasteiger partial charge on any atom is -0.379 e. The van der Waals surface area contributed by atoms with Crippen molar-refractivity contribution in [2.45, 2.75) is 52.1 Å². The number of rotatable bonds is 3. The quantitative estimate of drug-likeness (QED) is 0.843.